The molecule has 2 N–H and O–H groups in total. The number of rotatable bonds is 3. The third-order valence-corrected chi connectivity index (χ3v) is 3.11. The summed E-state index contributed by atoms with van der Waals surface area (Å²) in [6.07, 6.45) is 0. The van der Waals surface area contributed by atoms with E-state index in [-0.39, 0.29) is 12.1 Å². The van der Waals surface area contributed by atoms with Crippen molar-refractivity contribution < 1.29 is 8.78 Å². The number of hydrogen-bond donors (Lipinski definition) is 1. The normalized spacial score (nSPS) is 12.4. The minimum atomic E-state index is -0.981. The predicted octanol–water partition coefficient (Wildman–Crippen LogP) is 1.84. The first-order valence-electron chi connectivity index (χ1n) is 6.14. The first-order chi connectivity index (χ1) is 9.40. The molecule has 0 aliphatic heterocycles. The van der Waals surface area contributed by atoms with Gasteiger partial charge >= 0.3 is 5.69 Å². The molecule has 1 unspecified atom stereocenters. The molecule has 0 aliphatic rings. The number of benzene rings is 1. The van der Waals surface area contributed by atoms with Gasteiger partial charge in [0.05, 0.1) is 6.04 Å². The van der Waals surface area contributed by atoms with Gasteiger partial charge in [0, 0.05) is 23.5 Å². The van der Waals surface area contributed by atoms with Crippen molar-refractivity contribution in [2.75, 3.05) is 0 Å². The molecule has 4 nitrogen and oxygen atoms in total. The third-order valence-electron chi connectivity index (χ3n) is 3.11. The largest absolute Gasteiger partial charge is 0.348 e. The molecule has 1 aromatic heterocycles. The van der Waals surface area contributed by atoms with Crippen LogP contribution in [0.25, 0.3) is 0 Å². The van der Waals surface area contributed by atoms with Crippen molar-refractivity contribution in [1.29, 1.82) is 0 Å². The quantitative estimate of drug-likeness (QED) is 0.932. The summed E-state index contributed by atoms with van der Waals surface area (Å²) < 4.78 is 28.2. The maximum atomic E-state index is 13.7. The summed E-state index contributed by atoms with van der Waals surface area (Å²) in [5.74, 6) is -1.94. The predicted molar refractivity (Wildman–Crippen MR) is 71.3 cm³/mol. The van der Waals surface area contributed by atoms with Crippen molar-refractivity contribution in [3.05, 3.63) is 63.3 Å². The third kappa shape index (κ3) is 2.75. The fourth-order valence-electron chi connectivity index (χ4n) is 2.10. The zero-order chi connectivity index (χ0) is 14.9. The second kappa shape index (κ2) is 5.50. The van der Waals surface area contributed by atoms with Crippen LogP contribution in [-0.2, 0) is 6.54 Å². The van der Waals surface area contributed by atoms with Gasteiger partial charge in [-0.25, -0.2) is 13.6 Å². The highest BCUT2D eigenvalue weighted by molar-refractivity contribution is 5.22. The average Bonchev–Trinajstić information content (AvgIpc) is 2.36. The van der Waals surface area contributed by atoms with Crippen molar-refractivity contribution in [3.8, 4) is 0 Å². The molecule has 20 heavy (non-hydrogen) atoms. The van der Waals surface area contributed by atoms with Gasteiger partial charge in [-0.15, -0.1) is 0 Å². The minimum absolute atomic E-state index is 0.0388. The van der Waals surface area contributed by atoms with E-state index in [1.807, 2.05) is 0 Å². The molecule has 2 rings (SSSR count). The summed E-state index contributed by atoms with van der Waals surface area (Å²) in [6.45, 7) is 3.49. The summed E-state index contributed by atoms with van der Waals surface area (Å²) >= 11 is 0. The van der Waals surface area contributed by atoms with Gasteiger partial charge in [-0.2, -0.15) is 4.98 Å². The van der Waals surface area contributed by atoms with E-state index in [4.69, 9.17) is 5.73 Å². The fourth-order valence-corrected chi connectivity index (χ4v) is 2.10. The van der Waals surface area contributed by atoms with E-state index >= 15 is 0 Å². The minimum Gasteiger partial charge on any atom is -0.322 e. The van der Waals surface area contributed by atoms with Crippen LogP contribution in [0.3, 0.4) is 0 Å². The Balaban J connectivity index is 2.35. The summed E-state index contributed by atoms with van der Waals surface area (Å²) in [6, 6.07) is 4.72. The van der Waals surface area contributed by atoms with Crippen molar-refractivity contribution >= 4 is 0 Å². The molecule has 0 radical (unpaired) electrons. The Morgan fingerprint density at radius 1 is 1.35 bits per heavy atom. The molecular weight excluding hydrogens is 264 g/mol. The Labute approximate surface area is 114 Å². The molecule has 0 amide bonds. The van der Waals surface area contributed by atoms with E-state index in [9.17, 15) is 13.6 Å². The molecule has 6 heteroatoms. The lowest BCUT2D eigenvalue weighted by Gasteiger charge is -2.16. The SMILES string of the molecule is Cc1cc(C)n(CC(N)c2cccc(F)c2F)c(=O)n1. The zero-order valence-electron chi connectivity index (χ0n) is 11.2. The topological polar surface area (TPSA) is 60.9 Å². The van der Waals surface area contributed by atoms with Crippen LogP contribution in [0.4, 0.5) is 8.78 Å². The smallest absolute Gasteiger partial charge is 0.322 e. The number of nitrogens with two attached hydrogens (primary N) is 1. The Morgan fingerprint density at radius 3 is 2.70 bits per heavy atom. The van der Waals surface area contributed by atoms with Crippen molar-refractivity contribution in [3.63, 3.8) is 0 Å². The molecule has 106 valence electrons. The van der Waals surface area contributed by atoms with Crippen molar-refractivity contribution in [2.45, 2.75) is 26.4 Å². The monoisotopic (exact) mass is 279 g/mol. The van der Waals surface area contributed by atoms with E-state index in [2.05, 4.69) is 4.98 Å². The Hall–Kier alpha value is -2.08. The van der Waals surface area contributed by atoms with E-state index < -0.39 is 23.4 Å². The first-order valence-corrected chi connectivity index (χ1v) is 6.14. The molecule has 1 aromatic carbocycles. The lowest BCUT2D eigenvalue weighted by atomic mass is 10.1. The van der Waals surface area contributed by atoms with Crippen LogP contribution < -0.4 is 11.4 Å². The highest BCUT2D eigenvalue weighted by Gasteiger charge is 2.16. The van der Waals surface area contributed by atoms with Gasteiger partial charge in [0.2, 0.25) is 0 Å². The van der Waals surface area contributed by atoms with Crippen LogP contribution in [0.5, 0.6) is 0 Å². The number of aryl methyl sites for hydroxylation is 2. The van der Waals surface area contributed by atoms with Gasteiger partial charge in [0.1, 0.15) is 0 Å². The fraction of sp³-hybridized carbons (Fsp3) is 0.286. The Bertz CT molecular complexity index is 697. The van der Waals surface area contributed by atoms with E-state index in [0.717, 1.165) is 6.07 Å². The van der Waals surface area contributed by atoms with E-state index in [0.29, 0.717) is 11.4 Å². The average molecular weight is 279 g/mol. The lowest BCUT2D eigenvalue weighted by Crippen LogP contribution is -2.31. The molecule has 0 bridgehead atoms. The van der Waals surface area contributed by atoms with Crippen LogP contribution in [0.2, 0.25) is 0 Å². The number of hydrogen-bond acceptors (Lipinski definition) is 3. The second-order valence-corrected chi connectivity index (χ2v) is 4.68. The van der Waals surface area contributed by atoms with Gasteiger partial charge in [0.15, 0.2) is 11.6 Å². The van der Waals surface area contributed by atoms with Gasteiger partial charge in [0.25, 0.3) is 0 Å². The van der Waals surface area contributed by atoms with Crippen LogP contribution in [0, 0.1) is 25.5 Å². The Morgan fingerprint density at radius 2 is 2.05 bits per heavy atom. The van der Waals surface area contributed by atoms with Gasteiger partial charge in [-0.1, -0.05) is 12.1 Å². The summed E-state index contributed by atoms with van der Waals surface area (Å²) in [4.78, 5) is 15.6. The second-order valence-electron chi connectivity index (χ2n) is 4.68. The number of nitrogens with zero attached hydrogens (tertiary/aromatic N) is 2. The van der Waals surface area contributed by atoms with Crippen molar-refractivity contribution in [2.24, 2.45) is 5.73 Å². The maximum Gasteiger partial charge on any atom is 0.348 e. The van der Waals surface area contributed by atoms with Crippen molar-refractivity contribution in [1.82, 2.24) is 9.55 Å². The molecule has 1 atom stereocenters. The Kier molecular flexibility index (Phi) is 3.94. The summed E-state index contributed by atoms with van der Waals surface area (Å²) in [5, 5.41) is 0. The highest BCUT2D eigenvalue weighted by atomic mass is 19.2. The van der Waals surface area contributed by atoms with Gasteiger partial charge < -0.3 is 5.73 Å². The van der Waals surface area contributed by atoms with Gasteiger partial charge in [-0.05, 0) is 26.0 Å². The van der Waals surface area contributed by atoms with E-state index in [1.54, 1.807) is 19.9 Å². The molecule has 2 aromatic rings. The van der Waals surface area contributed by atoms with Crippen LogP contribution in [0.15, 0.2) is 29.1 Å². The molecule has 0 fully saturated rings. The molecule has 0 aliphatic carbocycles. The number of aromatic nitrogens is 2. The standard InChI is InChI=1S/C14H15F2N3O/c1-8-6-9(2)19(14(20)18-8)7-12(17)10-4-3-5-11(15)13(10)16/h3-6,12H,7,17H2,1-2H3. The number of halogens is 2. The zero-order valence-corrected chi connectivity index (χ0v) is 11.2. The summed E-state index contributed by atoms with van der Waals surface area (Å²) in [7, 11) is 0. The first kappa shape index (κ1) is 14.3. The van der Waals surface area contributed by atoms with Crippen LogP contribution in [-0.4, -0.2) is 9.55 Å². The maximum absolute atomic E-state index is 13.7. The molecular formula is C14H15F2N3O. The molecule has 0 spiro atoms. The van der Waals surface area contributed by atoms with E-state index in [1.165, 1.54) is 16.7 Å². The van der Waals surface area contributed by atoms with Crippen LogP contribution >= 0.6 is 0 Å². The molecule has 0 saturated heterocycles. The highest BCUT2D eigenvalue weighted by Crippen LogP contribution is 2.19. The molecule has 1 heterocycles. The molecule has 0 saturated carbocycles. The lowest BCUT2D eigenvalue weighted by molar-refractivity contribution is 0.467. The van der Waals surface area contributed by atoms with Crippen LogP contribution in [0.1, 0.15) is 23.0 Å². The summed E-state index contributed by atoms with van der Waals surface area (Å²) in [5.41, 5.74) is 6.75. The van der Waals surface area contributed by atoms with Gasteiger partial charge in [-0.3, -0.25) is 4.57 Å².